The molecule has 0 unspecified atom stereocenters. The molecule has 17 heavy (non-hydrogen) atoms. The lowest BCUT2D eigenvalue weighted by molar-refractivity contribution is -0.108. The predicted octanol–water partition coefficient (Wildman–Crippen LogP) is 2.92. The van der Waals surface area contributed by atoms with Crippen LogP contribution in [0.2, 0.25) is 0 Å². The number of benzene rings is 1. The molecule has 2 atom stereocenters. The van der Waals surface area contributed by atoms with E-state index in [4.69, 9.17) is 4.74 Å². The van der Waals surface area contributed by atoms with Crippen LogP contribution < -0.4 is 0 Å². The first-order chi connectivity index (χ1) is 8.40. The molecule has 2 rings (SSSR count). The van der Waals surface area contributed by atoms with Gasteiger partial charge in [0, 0.05) is 6.42 Å². The summed E-state index contributed by atoms with van der Waals surface area (Å²) < 4.78 is 5.34. The topological polar surface area (TPSA) is 29.6 Å². The van der Waals surface area contributed by atoms with E-state index in [2.05, 4.69) is 36.4 Å². The quantitative estimate of drug-likeness (QED) is 0.409. The number of aldehydes is 1. The van der Waals surface area contributed by atoms with Crippen molar-refractivity contribution in [1.29, 1.82) is 0 Å². The molecule has 0 N–H and O–H groups in total. The Hall–Kier alpha value is -1.41. The van der Waals surface area contributed by atoms with Crippen molar-refractivity contribution in [2.24, 2.45) is 0 Å². The SMILES string of the molecule is O=CC[C@H]1O[C@H]1C/C=C\CCc1ccccc1. The van der Waals surface area contributed by atoms with Crippen LogP contribution >= 0.6 is 0 Å². The van der Waals surface area contributed by atoms with E-state index in [-0.39, 0.29) is 12.2 Å². The second-order valence-electron chi connectivity index (χ2n) is 4.35. The molecule has 2 heteroatoms. The van der Waals surface area contributed by atoms with E-state index in [1.165, 1.54) is 5.56 Å². The summed E-state index contributed by atoms with van der Waals surface area (Å²) in [6.07, 6.45) is 9.40. The maximum atomic E-state index is 10.2. The Morgan fingerprint density at radius 2 is 1.82 bits per heavy atom. The highest BCUT2D eigenvalue weighted by Crippen LogP contribution is 2.27. The molecule has 0 radical (unpaired) electrons. The minimum Gasteiger partial charge on any atom is -0.369 e. The van der Waals surface area contributed by atoms with Gasteiger partial charge in [0.25, 0.3) is 0 Å². The molecule has 1 saturated heterocycles. The number of allylic oxidation sites excluding steroid dienone is 1. The number of epoxide rings is 1. The number of carbonyl (C=O) groups is 1. The van der Waals surface area contributed by atoms with Crippen molar-refractivity contribution in [2.45, 2.75) is 37.9 Å². The first kappa shape index (κ1) is 12.1. The molecule has 0 aromatic heterocycles. The number of carbonyl (C=O) groups excluding carboxylic acids is 1. The summed E-state index contributed by atoms with van der Waals surface area (Å²) in [5, 5.41) is 0. The minimum absolute atomic E-state index is 0.186. The summed E-state index contributed by atoms with van der Waals surface area (Å²) in [5.74, 6) is 0. The van der Waals surface area contributed by atoms with Crippen LogP contribution in [0.4, 0.5) is 0 Å². The van der Waals surface area contributed by atoms with Crippen molar-refractivity contribution < 1.29 is 9.53 Å². The zero-order valence-electron chi connectivity index (χ0n) is 9.92. The van der Waals surface area contributed by atoms with Crippen molar-refractivity contribution in [3.05, 3.63) is 48.0 Å². The summed E-state index contributed by atoms with van der Waals surface area (Å²) in [5.41, 5.74) is 1.37. The summed E-state index contributed by atoms with van der Waals surface area (Å²) in [4.78, 5) is 10.2. The average molecular weight is 230 g/mol. The molecule has 1 aliphatic rings. The van der Waals surface area contributed by atoms with Gasteiger partial charge >= 0.3 is 0 Å². The van der Waals surface area contributed by atoms with Crippen molar-refractivity contribution in [2.75, 3.05) is 0 Å². The molecular formula is C15H18O2. The summed E-state index contributed by atoms with van der Waals surface area (Å²) in [7, 11) is 0. The average Bonchev–Trinajstić information content (AvgIpc) is 3.09. The normalized spacial score (nSPS) is 22.8. The Morgan fingerprint density at radius 1 is 1.06 bits per heavy atom. The Bertz CT molecular complexity index is 370. The number of hydrogen-bond acceptors (Lipinski definition) is 2. The Morgan fingerprint density at radius 3 is 2.59 bits per heavy atom. The Balaban J connectivity index is 1.58. The van der Waals surface area contributed by atoms with Gasteiger partial charge in [-0.05, 0) is 24.8 Å². The van der Waals surface area contributed by atoms with Gasteiger partial charge in [0.15, 0.2) is 0 Å². The van der Waals surface area contributed by atoms with Crippen LogP contribution in [0.15, 0.2) is 42.5 Å². The largest absolute Gasteiger partial charge is 0.369 e. The summed E-state index contributed by atoms with van der Waals surface area (Å²) in [6, 6.07) is 10.5. The standard InChI is InChI=1S/C15H18O2/c16-12-11-15-14(17-15)10-6-2-5-9-13-7-3-1-4-8-13/h1-4,6-8,12,14-15H,5,9-11H2/b6-2-/t14-,15+/m0/s1. The van der Waals surface area contributed by atoms with Gasteiger partial charge < -0.3 is 9.53 Å². The number of aryl methyl sites for hydroxylation is 1. The number of hydrogen-bond donors (Lipinski definition) is 0. The highest BCUT2D eigenvalue weighted by molar-refractivity contribution is 5.51. The van der Waals surface area contributed by atoms with E-state index >= 15 is 0 Å². The first-order valence-corrected chi connectivity index (χ1v) is 6.18. The van der Waals surface area contributed by atoms with Crippen molar-refractivity contribution in [3.63, 3.8) is 0 Å². The van der Waals surface area contributed by atoms with Gasteiger partial charge in [-0.15, -0.1) is 0 Å². The van der Waals surface area contributed by atoms with Gasteiger partial charge in [-0.2, -0.15) is 0 Å². The van der Waals surface area contributed by atoms with Gasteiger partial charge in [-0.3, -0.25) is 0 Å². The van der Waals surface area contributed by atoms with Gasteiger partial charge in [-0.25, -0.2) is 0 Å². The van der Waals surface area contributed by atoms with Crippen LogP contribution in [-0.4, -0.2) is 18.5 Å². The van der Waals surface area contributed by atoms with E-state index in [0.29, 0.717) is 6.42 Å². The van der Waals surface area contributed by atoms with E-state index < -0.39 is 0 Å². The van der Waals surface area contributed by atoms with E-state index in [1.54, 1.807) is 0 Å². The van der Waals surface area contributed by atoms with Crippen LogP contribution in [0.25, 0.3) is 0 Å². The third-order valence-electron chi connectivity index (χ3n) is 2.99. The summed E-state index contributed by atoms with van der Waals surface area (Å²) >= 11 is 0. The molecule has 0 saturated carbocycles. The molecule has 1 aromatic carbocycles. The second kappa shape index (κ2) is 6.36. The van der Waals surface area contributed by atoms with Crippen LogP contribution in [-0.2, 0) is 16.0 Å². The molecule has 1 heterocycles. The maximum Gasteiger partial charge on any atom is 0.122 e. The molecule has 0 bridgehead atoms. The minimum atomic E-state index is 0.186. The van der Waals surface area contributed by atoms with Gasteiger partial charge in [-0.1, -0.05) is 42.5 Å². The van der Waals surface area contributed by atoms with E-state index in [9.17, 15) is 4.79 Å². The van der Waals surface area contributed by atoms with E-state index in [0.717, 1.165) is 25.5 Å². The molecule has 1 aliphatic heterocycles. The molecule has 1 aromatic rings. The number of ether oxygens (including phenoxy) is 1. The molecule has 1 fully saturated rings. The fourth-order valence-electron chi connectivity index (χ4n) is 1.93. The molecule has 0 spiro atoms. The second-order valence-corrected chi connectivity index (χ2v) is 4.35. The zero-order chi connectivity index (χ0) is 11.9. The fourth-order valence-corrected chi connectivity index (χ4v) is 1.93. The monoisotopic (exact) mass is 230 g/mol. The summed E-state index contributed by atoms with van der Waals surface area (Å²) in [6.45, 7) is 0. The van der Waals surface area contributed by atoms with Crippen LogP contribution in [0.1, 0.15) is 24.8 Å². The highest BCUT2D eigenvalue weighted by Gasteiger charge is 2.36. The van der Waals surface area contributed by atoms with Crippen molar-refractivity contribution in [1.82, 2.24) is 0 Å². The molecule has 0 amide bonds. The van der Waals surface area contributed by atoms with Crippen molar-refractivity contribution in [3.8, 4) is 0 Å². The zero-order valence-corrected chi connectivity index (χ0v) is 9.92. The molecular weight excluding hydrogens is 212 g/mol. The Kier molecular flexibility index (Phi) is 4.51. The van der Waals surface area contributed by atoms with Crippen LogP contribution in [0.5, 0.6) is 0 Å². The lowest BCUT2D eigenvalue weighted by atomic mass is 10.1. The maximum absolute atomic E-state index is 10.2. The fraction of sp³-hybridized carbons (Fsp3) is 0.400. The molecule has 2 nitrogen and oxygen atoms in total. The molecule has 0 aliphatic carbocycles. The molecule has 90 valence electrons. The highest BCUT2D eigenvalue weighted by atomic mass is 16.6. The van der Waals surface area contributed by atoms with Crippen LogP contribution in [0, 0.1) is 0 Å². The smallest absolute Gasteiger partial charge is 0.122 e. The predicted molar refractivity (Wildman–Crippen MR) is 67.9 cm³/mol. The Labute approximate surface area is 102 Å². The third kappa shape index (κ3) is 4.16. The van der Waals surface area contributed by atoms with Crippen molar-refractivity contribution >= 4 is 6.29 Å². The third-order valence-corrected chi connectivity index (χ3v) is 2.99. The lowest BCUT2D eigenvalue weighted by Crippen LogP contribution is -1.92. The van der Waals surface area contributed by atoms with Gasteiger partial charge in [0.1, 0.15) is 6.29 Å². The first-order valence-electron chi connectivity index (χ1n) is 6.18. The van der Waals surface area contributed by atoms with Crippen LogP contribution in [0.3, 0.4) is 0 Å². The van der Waals surface area contributed by atoms with Gasteiger partial charge in [0.2, 0.25) is 0 Å². The lowest BCUT2D eigenvalue weighted by Gasteiger charge is -1.96. The van der Waals surface area contributed by atoms with Gasteiger partial charge in [0.05, 0.1) is 12.2 Å². The van der Waals surface area contributed by atoms with E-state index in [1.807, 2.05) is 6.07 Å². The number of rotatable bonds is 7.